The van der Waals surface area contributed by atoms with Crippen molar-refractivity contribution in [2.45, 2.75) is 27.2 Å². The van der Waals surface area contributed by atoms with Gasteiger partial charge in [-0.05, 0) is 32.4 Å². The molecule has 0 amide bonds. The Kier molecular flexibility index (Phi) is 4.53. The number of benzene rings is 1. The van der Waals surface area contributed by atoms with Gasteiger partial charge in [-0.3, -0.25) is 0 Å². The minimum absolute atomic E-state index is 0.168. The molecular formula is C20H19N3O2. The van der Waals surface area contributed by atoms with Crippen molar-refractivity contribution < 1.29 is 9.63 Å². The van der Waals surface area contributed by atoms with E-state index < -0.39 is 5.97 Å². The Bertz CT molecular complexity index is 1010. The molecule has 0 radical (unpaired) electrons. The van der Waals surface area contributed by atoms with Crippen molar-refractivity contribution in [1.82, 2.24) is 4.57 Å². The normalized spacial score (nSPS) is 16.2. The maximum absolute atomic E-state index is 11.1. The Balaban J connectivity index is 2.30. The number of hydrogen-bond donors (Lipinski definition) is 0. The first-order valence-electron chi connectivity index (χ1n) is 8.14. The fourth-order valence-electron chi connectivity index (χ4n) is 3.25. The summed E-state index contributed by atoms with van der Waals surface area (Å²) in [4.78, 5) is 15.9. The molecular weight excluding hydrogens is 314 g/mol. The largest absolute Gasteiger partial charge is 0.331 e. The molecule has 0 aliphatic heterocycles. The standard InChI is InChI=1S/C20H19N3O2/c1-13(22-25-15(3)24)20-14(2)23(17-7-5-4-6-8-17)19-10-9-16(12-21)11-18(19)20/h4-8,10-11,16H,9H2,1-3H3/b22-13+. The predicted octanol–water partition coefficient (Wildman–Crippen LogP) is 2.18. The number of carbonyl (C=O) groups is 1. The minimum atomic E-state index is -0.459. The Morgan fingerprint density at radius 3 is 2.68 bits per heavy atom. The number of nitriles is 1. The maximum Gasteiger partial charge on any atom is 0.331 e. The van der Waals surface area contributed by atoms with Crippen LogP contribution in [0.1, 0.15) is 31.5 Å². The molecule has 5 heteroatoms. The third kappa shape index (κ3) is 3.11. The van der Waals surface area contributed by atoms with Crippen LogP contribution >= 0.6 is 0 Å². The quantitative estimate of drug-likeness (QED) is 0.491. The third-order valence-electron chi connectivity index (χ3n) is 4.27. The van der Waals surface area contributed by atoms with Crippen LogP contribution in [0.15, 0.2) is 35.5 Å². The van der Waals surface area contributed by atoms with Gasteiger partial charge in [-0.2, -0.15) is 5.26 Å². The van der Waals surface area contributed by atoms with E-state index >= 15 is 0 Å². The molecule has 5 nitrogen and oxygen atoms in total. The van der Waals surface area contributed by atoms with E-state index in [9.17, 15) is 10.1 Å². The fourth-order valence-corrected chi connectivity index (χ4v) is 3.25. The lowest BCUT2D eigenvalue weighted by Crippen LogP contribution is -2.34. The van der Waals surface area contributed by atoms with E-state index in [0.717, 1.165) is 27.5 Å². The number of nitrogens with zero attached hydrogens (tertiary/aromatic N) is 3. The van der Waals surface area contributed by atoms with Gasteiger partial charge in [0.15, 0.2) is 0 Å². The van der Waals surface area contributed by atoms with Gasteiger partial charge in [-0.25, -0.2) is 4.79 Å². The molecule has 0 saturated carbocycles. The molecule has 2 aromatic rings. The molecule has 3 rings (SSSR count). The molecule has 1 aliphatic rings. The average molecular weight is 333 g/mol. The SMILES string of the molecule is CC(=O)O/N=C(\C)c1c(C)n(-c2ccccc2)c2c1=CC(C#N)CC=2. The fraction of sp³-hybridized carbons (Fsp3) is 0.250. The first-order chi connectivity index (χ1) is 12.0. The molecule has 1 aliphatic carbocycles. The van der Waals surface area contributed by atoms with Crippen molar-refractivity contribution in [2.24, 2.45) is 11.1 Å². The van der Waals surface area contributed by atoms with Crippen LogP contribution in [-0.4, -0.2) is 16.2 Å². The molecule has 0 bridgehead atoms. The molecule has 0 saturated heterocycles. The summed E-state index contributed by atoms with van der Waals surface area (Å²) in [6, 6.07) is 12.4. The van der Waals surface area contributed by atoms with Crippen molar-refractivity contribution >= 4 is 23.8 Å². The van der Waals surface area contributed by atoms with Gasteiger partial charge in [-0.1, -0.05) is 35.5 Å². The number of oxime groups is 1. The summed E-state index contributed by atoms with van der Waals surface area (Å²) in [6.07, 6.45) is 4.75. The summed E-state index contributed by atoms with van der Waals surface area (Å²) in [6.45, 7) is 5.14. The van der Waals surface area contributed by atoms with Crippen LogP contribution in [0.2, 0.25) is 0 Å². The second-order valence-corrected chi connectivity index (χ2v) is 6.03. The van der Waals surface area contributed by atoms with E-state index in [0.29, 0.717) is 12.1 Å². The van der Waals surface area contributed by atoms with Crippen LogP contribution < -0.4 is 10.6 Å². The van der Waals surface area contributed by atoms with E-state index in [1.165, 1.54) is 6.92 Å². The van der Waals surface area contributed by atoms with E-state index in [1.807, 2.05) is 50.3 Å². The highest BCUT2D eigenvalue weighted by molar-refractivity contribution is 6.00. The number of fused-ring (bicyclic) bond motifs is 1. The number of aromatic nitrogens is 1. The molecule has 0 fully saturated rings. The van der Waals surface area contributed by atoms with Crippen molar-refractivity contribution in [3.05, 3.63) is 52.2 Å². The van der Waals surface area contributed by atoms with Crippen LogP contribution in [0.3, 0.4) is 0 Å². The number of hydrogen-bond acceptors (Lipinski definition) is 4. The maximum atomic E-state index is 11.1. The van der Waals surface area contributed by atoms with Gasteiger partial charge >= 0.3 is 5.97 Å². The van der Waals surface area contributed by atoms with Gasteiger partial charge in [0.2, 0.25) is 0 Å². The molecule has 1 aromatic carbocycles. The minimum Gasteiger partial charge on any atom is -0.318 e. The molecule has 1 aromatic heterocycles. The molecule has 1 unspecified atom stereocenters. The monoisotopic (exact) mass is 333 g/mol. The highest BCUT2D eigenvalue weighted by Crippen LogP contribution is 2.15. The lowest BCUT2D eigenvalue weighted by molar-refractivity contribution is -0.140. The summed E-state index contributed by atoms with van der Waals surface area (Å²) in [5.41, 5.74) is 3.55. The molecule has 126 valence electrons. The molecule has 1 atom stereocenters. The van der Waals surface area contributed by atoms with Crippen LogP contribution in [-0.2, 0) is 9.63 Å². The summed E-state index contributed by atoms with van der Waals surface area (Å²) in [7, 11) is 0. The Hall–Kier alpha value is -3.13. The van der Waals surface area contributed by atoms with Crippen molar-refractivity contribution in [2.75, 3.05) is 0 Å². The van der Waals surface area contributed by atoms with Gasteiger partial charge in [0.1, 0.15) is 0 Å². The van der Waals surface area contributed by atoms with E-state index in [1.54, 1.807) is 0 Å². The summed E-state index contributed by atoms with van der Waals surface area (Å²) < 4.78 is 2.15. The van der Waals surface area contributed by atoms with Gasteiger partial charge < -0.3 is 9.40 Å². The summed E-state index contributed by atoms with van der Waals surface area (Å²) in [5, 5.41) is 15.3. The highest BCUT2D eigenvalue weighted by atomic mass is 16.7. The Morgan fingerprint density at radius 1 is 1.32 bits per heavy atom. The Morgan fingerprint density at radius 2 is 2.04 bits per heavy atom. The lowest BCUT2D eigenvalue weighted by atomic mass is 9.99. The second-order valence-electron chi connectivity index (χ2n) is 6.03. The predicted molar refractivity (Wildman–Crippen MR) is 96.4 cm³/mol. The van der Waals surface area contributed by atoms with Gasteiger partial charge in [-0.15, -0.1) is 0 Å². The second kappa shape index (κ2) is 6.78. The van der Waals surface area contributed by atoms with E-state index in [2.05, 4.69) is 21.9 Å². The zero-order valence-corrected chi connectivity index (χ0v) is 14.5. The van der Waals surface area contributed by atoms with Crippen molar-refractivity contribution in [1.29, 1.82) is 5.26 Å². The van der Waals surface area contributed by atoms with E-state index in [-0.39, 0.29) is 5.92 Å². The lowest BCUT2D eigenvalue weighted by Gasteiger charge is -2.09. The number of carbonyl (C=O) groups excluding carboxylic acids is 1. The van der Waals surface area contributed by atoms with Gasteiger partial charge in [0.05, 0.1) is 17.7 Å². The third-order valence-corrected chi connectivity index (χ3v) is 4.27. The van der Waals surface area contributed by atoms with Crippen LogP contribution in [0.5, 0.6) is 0 Å². The van der Waals surface area contributed by atoms with E-state index in [4.69, 9.17) is 4.84 Å². The topological polar surface area (TPSA) is 67.4 Å². The van der Waals surface area contributed by atoms with Crippen LogP contribution in [0, 0.1) is 24.2 Å². The molecule has 0 N–H and O–H groups in total. The average Bonchev–Trinajstić information content (AvgIpc) is 2.91. The van der Waals surface area contributed by atoms with Gasteiger partial charge in [0, 0.05) is 34.4 Å². The zero-order valence-electron chi connectivity index (χ0n) is 14.5. The Labute approximate surface area is 146 Å². The van der Waals surface area contributed by atoms with Crippen molar-refractivity contribution in [3.63, 3.8) is 0 Å². The highest BCUT2D eigenvalue weighted by Gasteiger charge is 2.19. The van der Waals surface area contributed by atoms with Crippen LogP contribution in [0.25, 0.3) is 17.8 Å². The number of para-hydroxylation sites is 1. The zero-order chi connectivity index (χ0) is 18.0. The summed E-state index contributed by atoms with van der Waals surface area (Å²) in [5.74, 6) is -0.627. The molecule has 0 spiro atoms. The summed E-state index contributed by atoms with van der Waals surface area (Å²) >= 11 is 0. The number of rotatable bonds is 3. The van der Waals surface area contributed by atoms with Crippen molar-refractivity contribution in [3.8, 4) is 11.8 Å². The molecule has 1 heterocycles. The van der Waals surface area contributed by atoms with Crippen LogP contribution in [0.4, 0.5) is 0 Å². The smallest absolute Gasteiger partial charge is 0.318 e. The first-order valence-corrected chi connectivity index (χ1v) is 8.14. The first kappa shape index (κ1) is 16.7. The van der Waals surface area contributed by atoms with Gasteiger partial charge in [0.25, 0.3) is 0 Å². The molecule has 25 heavy (non-hydrogen) atoms.